The summed E-state index contributed by atoms with van der Waals surface area (Å²) in [4.78, 5) is 4.20. The van der Waals surface area contributed by atoms with E-state index in [0.29, 0.717) is 0 Å². The summed E-state index contributed by atoms with van der Waals surface area (Å²) in [6.07, 6.45) is 3.78. The van der Waals surface area contributed by atoms with Gasteiger partial charge in [-0.1, -0.05) is 18.2 Å². The molecule has 0 saturated heterocycles. The molecule has 0 unspecified atom stereocenters. The van der Waals surface area contributed by atoms with Gasteiger partial charge >= 0.3 is 0 Å². The van der Waals surface area contributed by atoms with Crippen LogP contribution in [0.15, 0.2) is 36.7 Å². The van der Waals surface area contributed by atoms with Crippen LogP contribution < -0.4 is 5.32 Å². The van der Waals surface area contributed by atoms with Gasteiger partial charge in [-0.15, -0.1) is 0 Å². The lowest BCUT2D eigenvalue weighted by Crippen LogP contribution is -2.02. The molecule has 2 aromatic rings. The van der Waals surface area contributed by atoms with E-state index in [0.717, 1.165) is 6.54 Å². The summed E-state index contributed by atoms with van der Waals surface area (Å²) in [5, 5.41) is 3.46. The van der Waals surface area contributed by atoms with Gasteiger partial charge < -0.3 is 5.32 Å². The zero-order valence-corrected chi connectivity index (χ0v) is 10.6. The first kappa shape index (κ1) is 11.6. The van der Waals surface area contributed by atoms with Crippen molar-refractivity contribution in [2.45, 2.75) is 27.3 Å². The maximum Gasteiger partial charge on any atom is 0.0416 e. The normalized spacial score (nSPS) is 10.3. The number of nitrogens with one attached hydrogen (secondary N) is 1. The average molecular weight is 226 g/mol. The molecule has 0 saturated carbocycles. The molecule has 0 aliphatic carbocycles. The largest absolute Gasteiger partial charge is 0.381 e. The van der Waals surface area contributed by atoms with Crippen LogP contribution in [0.25, 0.3) is 0 Å². The molecule has 1 N–H and O–H groups in total. The standard InChI is InChI=1S/C15H18N2/c1-11-7-14(9-16-8-11)10-17-15-6-4-5-12(2)13(15)3/h4-9,17H,10H2,1-3H3. The molecule has 0 fully saturated rings. The second-order valence-electron chi connectivity index (χ2n) is 4.47. The predicted octanol–water partition coefficient (Wildman–Crippen LogP) is 3.62. The van der Waals surface area contributed by atoms with E-state index in [2.05, 4.69) is 55.3 Å². The van der Waals surface area contributed by atoms with Crippen LogP contribution in [0.5, 0.6) is 0 Å². The van der Waals surface area contributed by atoms with E-state index in [-0.39, 0.29) is 0 Å². The van der Waals surface area contributed by atoms with Gasteiger partial charge in [0.25, 0.3) is 0 Å². The second kappa shape index (κ2) is 5.00. The highest BCUT2D eigenvalue weighted by molar-refractivity contribution is 5.53. The number of aromatic nitrogens is 1. The van der Waals surface area contributed by atoms with Gasteiger partial charge in [0, 0.05) is 24.6 Å². The van der Waals surface area contributed by atoms with E-state index in [1.54, 1.807) is 0 Å². The molecule has 2 heteroatoms. The van der Waals surface area contributed by atoms with Crippen molar-refractivity contribution in [3.8, 4) is 0 Å². The Balaban J connectivity index is 2.10. The fourth-order valence-corrected chi connectivity index (χ4v) is 1.85. The molecule has 1 aromatic carbocycles. The lowest BCUT2D eigenvalue weighted by Gasteiger charge is -2.11. The molecular weight excluding hydrogens is 208 g/mol. The Labute approximate surface area is 103 Å². The summed E-state index contributed by atoms with van der Waals surface area (Å²) in [6, 6.07) is 8.49. The monoisotopic (exact) mass is 226 g/mol. The maximum atomic E-state index is 4.20. The molecule has 88 valence electrons. The highest BCUT2D eigenvalue weighted by Crippen LogP contribution is 2.18. The minimum absolute atomic E-state index is 0.818. The Morgan fingerprint density at radius 2 is 1.94 bits per heavy atom. The van der Waals surface area contributed by atoms with Crippen molar-refractivity contribution in [3.63, 3.8) is 0 Å². The number of rotatable bonds is 3. The Morgan fingerprint density at radius 3 is 2.71 bits per heavy atom. The molecule has 17 heavy (non-hydrogen) atoms. The molecular formula is C15H18N2. The number of anilines is 1. The number of nitrogens with zero attached hydrogens (tertiary/aromatic N) is 1. The summed E-state index contributed by atoms with van der Waals surface area (Å²) in [7, 11) is 0. The third-order valence-corrected chi connectivity index (χ3v) is 3.02. The van der Waals surface area contributed by atoms with Crippen molar-refractivity contribution < 1.29 is 0 Å². The van der Waals surface area contributed by atoms with Gasteiger partial charge in [0.05, 0.1) is 0 Å². The molecule has 0 amide bonds. The van der Waals surface area contributed by atoms with Crippen LogP contribution in [-0.4, -0.2) is 4.98 Å². The fraction of sp³-hybridized carbons (Fsp3) is 0.267. The third kappa shape index (κ3) is 2.84. The number of aryl methyl sites for hydroxylation is 2. The van der Waals surface area contributed by atoms with E-state index in [9.17, 15) is 0 Å². The first-order valence-corrected chi connectivity index (χ1v) is 5.87. The first-order chi connectivity index (χ1) is 8.16. The molecule has 0 radical (unpaired) electrons. The molecule has 0 spiro atoms. The van der Waals surface area contributed by atoms with Gasteiger partial charge in [-0.05, 0) is 49.1 Å². The van der Waals surface area contributed by atoms with Gasteiger partial charge in [0.1, 0.15) is 0 Å². The van der Waals surface area contributed by atoms with Crippen LogP contribution >= 0.6 is 0 Å². The first-order valence-electron chi connectivity index (χ1n) is 5.87. The highest BCUT2D eigenvalue weighted by Gasteiger charge is 2.00. The Bertz CT molecular complexity index is 518. The van der Waals surface area contributed by atoms with E-state index >= 15 is 0 Å². The van der Waals surface area contributed by atoms with Crippen LogP contribution in [0, 0.1) is 20.8 Å². The molecule has 0 aliphatic rings. The molecule has 1 heterocycles. The molecule has 2 nitrogen and oxygen atoms in total. The van der Waals surface area contributed by atoms with Crippen LogP contribution in [0.2, 0.25) is 0 Å². The minimum Gasteiger partial charge on any atom is -0.381 e. The van der Waals surface area contributed by atoms with Gasteiger partial charge in [0.15, 0.2) is 0 Å². The lowest BCUT2D eigenvalue weighted by atomic mass is 10.1. The van der Waals surface area contributed by atoms with Crippen molar-refractivity contribution in [3.05, 3.63) is 58.9 Å². The van der Waals surface area contributed by atoms with Crippen LogP contribution in [-0.2, 0) is 6.54 Å². The molecule has 2 rings (SSSR count). The van der Waals surface area contributed by atoms with E-state index in [4.69, 9.17) is 0 Å². The van der Waals surface area contributed by atoms with Gasteiger partial charge in [0.2, 0.25) is 0 Å². The topological polar surface area (TPSA) is 24.9 Å². The average Bonchev–Trinajstić information content (AvgIpc) is 2.31. The zero-order chi connectivity index (χ0) is 12.3. The molecule has 0 atom stereocenters. The van der Waals surface area contributed by atoms with Crippen LogP contribution in [0.4, 0.5) is 5.69 Å². The summed E-state index contributed by atoms with van der Waals surface area (Å²) >= 11 is 0. The quantitative estimate of drug-likeness (QED) is 0.864. The summed E-state index contributed by atoms with van der Waals surface area (Å²) in [5.74, 6) is 0. The van der Waals surface area contributed by atoms with E-state index < -0.39 is 0 Å². The van der Waals surface area contributed by atoms with Crippen molar-refractivity contribution in [2.75, 3.05) is 5.32 Å². The lowest BCUT2D eigenvalue weighted by molar-refractivity contribution is 1.09. The second-order valence-corrected chi connectivity index (χ2v) is 4.47. The van der Waals surface area contributed by atoms with Gasteiger partial charge in [-0.3, -0.25) is 4.98 Å². The Morgan fingerprint density at radius 1 is 1.12 bits per heavy atom. The Kier molecular flexibility index (Phi) is 3.43. The summed E-state index contributed by atoms with van der Waals surface area (Å²) in [5.41, 5.74) is 6.24. The number of hydrogen-bond donors (Lipinski definition) is 1. The zero-order valence-electron chi connectivity index (χ0n) is 10.6. The summed E-state index contributed by atoms with van der Waals surface area (Å²) in [6.45, 7) is 7.16. The Hall–Kier alpha value is -1.83. The maximum absolute atomic E-state index is 4.20. The van der Waals surface area contributed by atoms with E-state index in [1.165, 1.54) is 27.9 Å². The molecule has 1 aromatic heterocycles. The van der Waals surface area contributed by atoms with Crippen molar-refractivity contribution in [1.29, 1.82) is 0 Å². The smallest absolute Gasteiger partial charge is 0.0416 e. The SMILES string of the molecule is Cc1cncc(CNc2cccc(C)c2C)c1. The van der Waals surface area contributed by atoms with Crippen molar-refractivity contribution >= 4 is 5.69 Å². The van der Waals surface area contributed by atoms with Crippen molar-refractivity contribution in [1.82, 2.24) is 4.98 Å². The molecule has 0 aliphatic heterocycles. The number of pyridine rings is 1. The predicted molar refractivity (Wildman–Crippen MR) is 72.2 cm³/mol. The highest BCUT2D eigenvalue weighted by atomic mass is 14.9. The number of benzene rings is 1. The van der Waals surface area contributed by atoms with Crippen molar-refractivity contribution in [2.24, 2.45) is 0 Å². The van der Waals surface area contributed by atoms with Crippen LogP contribution in [0.3, 0.4) is 0 Å². The fourth-order valence-electron chi connectivity index (χ4n) is 1.85. The van der Waals surface area contributed by atoms with E-state index in [1.807, 2.05) is 12.4 Å². The van der Waals surface area contributed by atoms with Crippen LogP contribution in [0.1, 0.15) is 22.3 Å². The third-order valence-electron chi connectivity index (χ3n) is 3.02. The number of hydrogen-bond acceptors (Lipinski definition) is 2. The summed E-state index contributed by atoms with van der Waals surface area (Å²) < 4.78 is 0. The van der Waals surface area contributed by atoms with Gasteiger partial charge in [-0.25, -0.2) is 0 Å². The van der Waals surface area contributed by atoms with Gasteiger partial charge in [-0.2, -0.15) is 0 Å². The molecule has 0 bridgehead atoms. The minimum atomic E-state index is 0.818.